The molecule has 1 N–H and O–H groups in total. The van der Waals surface area contributed by atoms with E-state index in [1.165, 1.54) is 0 Å². The molecule has 0 saturated carbocycles. The maximum absolute atomic E-state index is 11.7. The van der Waals surface area contributed by atoms with Gasteiger partial charge in [0.2, 0.25) is 5.88 Å². The fraction of sp³-hybridized carbons (Fsp3) is 0.231. The van der Waals surface area contributed by atoms with E-state index >= 15 is 0 Å². The summed E-state index contributed by atoms with van der Waals surface area (Å²) in [5, 5.41) is 3.57. The molecule has 0 amide bonds. The number of anilines is 1. The van der Waals surface area contributed by atoms with Gasteiger partial charge in [0.15, 0.2) is 0 Å². The minimum Gasteiger partial charge on any atom is -0.462 e. The van der Waals surface area contributed by atoms with Crippen LogP contribution in [0.5, 0.6) is 0 Å². The number of carbonyl (C=O) groups is 2. The maximum Gasteiger partial charge on any atom is 0.340 e. The highest BCUT2D eigenvalue weighted by Crippen LogP contribution is 2.28. The molecular formula is C13H11Cl2NO4. The highest BCUT2D eigenvalue weighted by atomic mass is 35.5. The number of carbonyl (C=O) groups excluding carboxylic acids is 2. The predicted molar refractivity (Wildman–Crippen MR) is 74.5 cm³/mol. The number of halogens is 2. The zero-order valence-electron chi connectivity index (χ0n) is 10.5. The number of ether oxygens (including phenoxy) is 2. The molecule has 5 nitrogen and oxygen atoms in total. The maximum atomic E-state index is 11.7. The molecule has 0 aromatic heterocycles. The molecule has 0 fully saturated rings. The van der Waals surface area contributed by atoms with E-state index in [0.29, 0.717) is 15.7 Å². The van der Waals surface area contributed by atoms with Crippen LogP contribution in [0.15, 0.2) is 29.7 Å². The molecule has 106 valence electrons. The third-order valence-electron chi connectivity index (χ3n) is 2.51. The molecule has 1 aromatic rings. The first-order chi connectivity index (χ1) is 9.51. The number of esters is 2. The van der Waals surface area contributed by atoms with Crippen molar-refractivity contribution in [1.82, 2.24) is 0 Å². The van der Waals surface area contributed by atoms with Gasteiger partial charge in [0.1, 0.15) is 5.57 Å². The highest BCUT2D eigenvalue weighted by Gasteiger charge is 2.30. The molecule has 0 aliphatic carbocycles. The molecule has 1 heterocycles. The summed E-state index contributed by atoms with van der Waals surface area (Å²) in [6.45, 7) is 1.90. The average Bonchev–Trinajstić information content (AvgIpc) is 2.75. The number of benzene rings is 1. The standard InChI is InChI=1S/C13H11Cl2NO4/c1-2-19-13(18)8-6-11(17)20-12(8)16-7-3-4-9(14)10(15)5-7/h3-5,16H,2,6H2,1H3. The number of hydrogen-bond donors (Lipinski definition) is 1. The number of hydrogen-bond acceptors (Lipinski definition) is 5. The molecule has 0 spiro atoms. The van der Waals surface area contributed by atoms with E-state index in [0.717, 1.165) is 0 Å². The molecule has 0 saturated heterocycles. The fourth-order valence-electron chi connectivity index (χ4n) is 1.63. The number of cyclic esters (lactones) is 1. The summed E-state index contributed by atoms with van der Waals surface area (Å²) in [4.78, 5) is 23.0. The van der Waals surface area contributed by atoms with Gasteiger partial charge in [0.05, 0.1) is 23.1 Å². The molecule has 0 bridgehead atoms. The second-order valence-electron chi connectivity index (χ2n) is 3.93. The van der Waals surface area contributed by atoms with Crippen molar-refractivity contribution in [3.8, 4) is 0 Å². The second kappa shape index (κ2) is 6.15. The van der Waals surface area contributed by atoms with Gasteiger partial charge in [-0.2, -0.15) is 0 Å². The fourth-order valence-corrected chi connectivity index (χ4v) is 1.92. The van der Waals surface area contributed by atoms with Crippen LogP contribution in [-0.4, -0.2) is 18.5 Å². The SMILES string of the molecule is CCOC(=O)C1=C(Nc2ccc(Cl)c(Cl)c2)OC(=O)C1. The predicted octanol–water partition coefficient (Wildman–Crippen LogP) is 3.13. The topological polar surface area (TPSA) is 64.6 Å². The second-order valence-corrected chi connectivity index (χ2v) is 4.75. The van der Waals surface area contributed by atoms with Crippen LogP contribution in [0.25, 0.3) is 0 Å². The van der Waals surface area contributed by atoms with Gasteiger partial charge in [0.25, 0.3) is 0 Å². The number of rotatable bonds is 4. The lowest BCUT2D eigenvalue weighted by atomic mass is 10.2. The van der Waals surface area contributed by atoms with Crippen molar-refractivity contribution in [3.05, 3.63) is 39.7 Å². The molecule has 20 heavy (non-hydrogen) atoms. The van der Waals surface area contributed by atoms with Crippen molar-refractivity contribution in [2.24, 2.45) is 0 Å². The van der Waals surface area contributed by atoms with E-state index in [4.69, 9.17) is 32.7 Å². The zero-order chi connectivity index (χ0) is 14.7. The lowest BCUT2D eigenvalue weighted by Crippen LogP contribution is -2.11. The lowest BCUT2D eigenvalue weighted by Gasteiger charge is -2.09. The first-order valence-electron chi connectivity index (χ1n) is 5.84. The molecule has 0 radical (unpaired) electrons. The summed E-state index contributed by atoms with van der Waals surface area (Å²) in [6.07, 6.45) is -0.123. The molecule has 1 aliphatic heterocycles. The van der Waals surface area contributed by atoms with Crippen LogP contribution in [0.4, 0.5) is 5.69 Å². The molecule has 2 rings (SSSR count). The van der Waals surface area contributed by atoms with E-state index in [-0.39, 0.29) is 24.5 Å². The van der Waals surface area contributed by atoms with Crippen LogP contribution in [0.3, 0.4) is 0 Å². The summed E-state index contributed by atoms with van der Waals surface area (Å²) in [5.74, 6) is -1.04. The van der Waals surface area contributed by atoms with Crippen molar-refractivity contribution in [1.29, 1.82) is 0 Å². The van der Waals surface area contributed by atoms with Crippen LogP contribution in [-0.2, 0) is 19.1 Å². The van der Waals surface area contributed by atoms with Crippen molar-refractivity contribution in [3.63, 3.8) is 0 Å². The third kappa shape index (κ3) is 3.23. The Kier molecular flexibility index (Phi) is 4.52. The number of nitrogens with one attached hydrogen (secondary N) is 1. The highest BCUT2D eigenvalue weighted by molar-refractivity contribution is 6.42. The molecule has 1 aliphatic rings. The minimum absolute atomic E-state index is 0.0619. The Balaban J connectivity index is 2.24. The summed E-state index contributed by atoms with van der Waals surface area (Å²) in [5.41, 5.74) is 0.703. The van der Waals surface area contributed by atoms with Gasteiger partial charge in [0, 0.05) is 5.69 Å². The van der Waals surface area contributed by atoms with Gasteiger partial charge in [-0.15, -0.1) is 0 Å². The van der Waals surface area contributed by atoms with Crippen LogP contribution >= 0.6 is 23.2 Å². The Morgan fingerprint density at radius 3 is 2.80 bits per heavy atom. The first kappa shape index (κ1) is 14.7. The molecular weight excluding hydrogens is 305 g/mol. The monoisotopic (exact) mass is 315 g/mol. The normalized spacial score (nSPS) is 14.2. The molecule has 1 aromatic carbocycles. The van der Waals surface area contributed by atoms with Crippen LogP contribution in [0.2, 0.25) is 10.0 Å². The van der Waals surface area contributed by atoms with Gasteiger partial charge in [-0.3, -0.25) is 4.79 Å². The largest absolute Gasteiger partial charge is 0.462 e. The third-order valence-corrected chi connectivity index (χ3v) is 3.25. The summed E-state index contributed by atoms with van der Waals surface area (Å²) >= 11 is 11.7. The molecule has 0 atom stereocenters. The Morgan fingerprint density at radius 2 is 2.15 bits per heavy atom. The smallest absolute Gasteiger partial charge is 0.340 e. The van der Waals surface area contributed by atoms with Crippen LogP contribution < -0.4 is 5.32 Å². The lowest BCUT2D eigenvalue weighted by molar-refractivity contribution is -0.140. The van der Waals surface area contributed by atoms with Crippen LogP contribution in [0, 0.1) is 0 Å². The van der Waals surface area contributed by atoms with Crippen molar-refractivity contribution in [2.45, 2.75) is 13.3 Å². The molecule has 7 heteroatoms. The van der Waals surface area contributed by atoms with Crippen molar-refractivity contribution >= 4 is 40.8 Å². The van der Waals surface area contributed by atoms with E-state index in [2.05, 4.69) is 5.32 Å². The minimum atomic E-state index is -0.582. The van der Waals surface area contributed by atoms with Gasteiger partial charge in [-0.25, -0.2) is 4.79 Å². The van der Waals surface area contributed by atoms with E-state index in [9.17, 15) is 9.59 Å². The van der Waals surface area contributed by atoms with Gasteiger partial charge >= 0.3 is 11.9 Å². The molecule has 0 unspecified atom stereocenters. The Hall–Kier alpha value is -1.72. The van der Waals surface area contributed by atoms with Gasteiger partial charge < -0.3 is 14.8 Å². The van der Waals surface area contributed by atoms with Gasteiger partial charge in [-0.05, 0) is 25.1 Å². The Morgan fingerprint density at radius 1 is 1.40 bits per heavy atom. The Bertz CT molecular complexity index is 598. The average molecular weight is 316 g/mol. The summed E-state index contributed by atoms with van der Waals surface area (Å²) in [7, 11) is 0. The van der Waals surface area contributed by atoms with E-state index < -0.39 is 11.9 Å². The van der Waals surface area contributed by atoms with Gasteiger partial charge in [-0.1, -0.05) is 23.2 Å². The van der Waals surface area contributed by atoms with Crippen molar-refractivity contribution in [2.75, 3.05) is 11.9 Å². The zero-order valence-corrected chi connectivity index (χ0v) is 12.0. The van der Waals surface area contributed by atoms with Crippen LogP contribution in [0.1, 0.15) is 13.3 Å². The van der Waals surface area contributed by atoms with E-state index in [1.54, 1.807) is 25.1 Å². The quantitative estimate of drug-likeness (QED) is 0.865. The summed E-state index contributed by atoms with van der Waals surface area (Å²) in [6, 6.07) is 4.80. The van der Waals surface area contributed by atoms with E-state index in [1.807, 2.05) is 0 Å². The summed E-state index contributed by atoms with van der Waals surface area (Å²) < 4.78 is 9.84. The van der Waals surface area contributed by atoms with Crippen molar-refractivity contribution < 1.29 is 19.1 Å². The first-order valence-corrected chi connectivity index (χ1v) is 6.60. The Labute approximate surface area is 125 Å².